The van der Waals surface area contributed by atoms with Crippen LogP contribution < -0.4 is 9.47 Å². The van der Waals surface area contributed by atoms with E-state index < -0.39 is 0 Å². The van der Waals surface area contributed by atoms with Crippen LogP contribution >= 0.6 is 0 Å². The average Bonchev–Trinajstić information content (AvgIpc) is 3.73. The summed E-state index contributed by atoms with van der Waals surface area (Å²) in [4.78, 5) is 0. The highest BCUT2D eigenvalue weighted by molar-refractivity contribution is 5.48. The number of nitrogens with zero attached hydrogens (tertiary/aromatic N) is 2. The van der Waals surface area contributed by atoms with Crippen LogP contribution in [0.3, 0.4) is 0 Å². The summed E-state index contributed by atoms with van der Waals surface area (Å²) in [6.45, 7) is 4.05. The van der Waals surface area contributed by atoms with Crippen molar-refractivity contribution in [2.75, 3.05) is 0 Å². The van der Waals surface area contributed by atoms with Gasteiger partial charge in [-0.15, -0.1) is 10.5 Å². The molecule has 7 rings (SSSR count). The zero-order chi connectivity index (χ0) is 26.1. The third kappa shape index (κ3) is 4.13. The summed E-state index contributed by atoms with van der Waals surface area (Å²) in [5.74, 6) is 4.32. The van der Waals surface area contributed by atoms with E-state index in [1.54, 1.807) is 23.7 Å². The van der Waals surface area contributed by atoms with Crippen molar-refractivity contribution < 1.29 is 9.47 Å². The maximum atomic E-state index is 8.78. The molecule has 0 heterocycles. The van der Waals surface area contributed by atoms with E-state index in [1.165, 1.54) is 68.1 Å². The number of fused-ring (bicyclic) bond motifs is 5. The van der Waals surface area contributed by atoms with Gasteiger partial charge < -0.3 is 9.47 Å². The molecule has 192 valence electrons. The fourth-order valence-corrected chi connectivity index (χ4v) is 8.54. The number of rotatable bonds is 4. The molecule has 0 spiro atoms. The van der Waals surface area contributed by atoms with Crippen molar-refractivity contribution in [3.63, 3.8) is 0 Å². The van der Waals surface area contributed by atoms with E-state index in [-0.39, 0.29) is 5.41 Å². The molecule has 4 nitrogen and oxygen atoms in total. The molecule has 0 aliphatic heterocycles. The van der Waals surface area contributed by atoms with Gasteiger partial charge in [-0.1, -0.05) is 49.4 Å². The molecule has 5 aliphatic carbocycles. The van der Waals surface area contributed by atoms with Crippen molar-refractivity contribution in [3.05, 3.63) is 95.1 Å². The monoisotopic (exact) mass is 502 g/mol. The lowest BCUT2D eigenvalue weighted by Gasteiger charge is -2.44. The average molecular weight is 503 g/mol. The topological polar surface area (TPSA) is 66.0 Å². The van der Waals surface area contributed by atoms with Crippen molar-refractivity contribution in [2.45, 2.75) is 63.2 Å². The minimum absolute atomic E-state index is 0.00742. The Hall–Kier alpha value is -3.76. The minimum atomic E-state index is -0.00742. The van der Waals surface area contributed by atoms with Crippen LogP contribution in [0.2, 0.25) is 0 Å². The fourth-order valence-electron chi connectivity index (χ4n) is 8.54. The SMILES string of the molecule is C=C1CC=CC2=C1CCC2.N#COc1ccc(C2(c3ccc(OC#N)cc3)CC3CC2C2CCCC32)cc1. The molecule has 0 radical (unpaired) electrons. The van der Waals surface area contributed by atoms with Gasteiger partial charge in [0.05, 0.1) is 0 Å². The highest BCUT2D eigenvalue weighted by Gasteiger charge is 2.61. The van der Waals surface area contributed by atoms with Gasteiger partial charge in [-0.3, -0.25) is 0 Å². The van der Waals surface area contributed by atoms with Gasteiger partial charge in [-0.05, 0) is 127 Å². The van der Waals surface area contributed by atoms with Gasteiger partial charge in [0.2, 0.25) is 0 Å². The third-order valence-electron chi connectivity index (χ3n) is 9.96. The van der Waals surface area contributed by atoms with E-state index in [1.807, 2.05) is 24.3 Å². The van der Waals surface area contributed by atoms with Crippen LogP contribution in [0.4, 0.5) is 0 Å². The molecule has 38 heavy (non-hydrogen) atoms. The predicted octanol–water partition coefficient (Wildman–Crippen LogP) is 8.13. The van der Waals surface area contributed by atoms with Gasteiger partial charge in [-0.2, -0.15) is 0 Å². The molecular weight excluding hydrogens is 468 g/mol. The van der Waals surface area contributed by atoms with Crippen LogP contribution in [-0.4, -0.2) is 0 Å². The minimum Gasteiger partial charge on any atom is -0.388 e. The van der Waals surface area contributed by atoms with Gasteiger partial charge in [0.15, 0.2) is 0 Å². The van der Waals surface area contributed by atoms with Crippen LogP contribution in [0, 0.1) is 46.7 Å². The summed E-state index contributed by atoms with van der Waals surface area (Å²) >= 11 is 0. The standard InChI is InChI=1S/C24H22N2O2.C10H12/c25-14-27-19-8-4-17(5-9-19)24(18-6-10-20(11-7-18)28-15-26)13-16-12-23(24)22-3-1-2-21(16)22;1-8-4-2-5-9-6-3-7-10(8)9/h4-11,16,21-23H,1-3,12-13H2;2,5H,1,3-4,6-7H2. The van der Waals surface area contributed by atoms with Crippen molar-refractivity contribution in [2.24, 2.45) is 23.7 Å². The summed E-state index contributed by atoms with van der Waals surface area (Å²) in [6.07, 6.45) is 19.6. The van der Waals surface area contributed by atoms with E-state index in [0.717, 1.165) is 24.2 Å². The summed E-state index contributed by atoms with van der Waals surface area (Å²) in [7, 11) is 0. The highest BCUT2D eigenvalue weighted by atomic mass is 16.5. The van der Waals surface area contributed by atoms with Crippen LogP contribution in [0.1, 0.15) is 68.9 Å². The van der Waals surface area contributed by atoms with E-state index >= 15 is 0 Å². The van der Waals surface area contributed by atoms with Gasteiger partial charge in [0.25, 0.3) is 12.5 Å². The number of hydrogen-bond donors (Lipinski definition) is 0. The number of hydrogen-bond acceptors (Lipinski definition) is 4. The summed E-state index contributed by atoms with van der Waals surface area (Å²) in [6, 6.07) is 16.2. The van der Waals surface area contributed by atoms with Crippen molar-refractivity contribution in [1.29, 1.82) is 10.5 Å². The van der Waals surface area contributed by atoms with Gasteiger partial charge >= 0.3 is 0 Å². The number of allylic oxidation sites excluding steroid dienone is 5. The second-order valence-corrected chi connectivity index (χ2v) is 11.5. The van der Waals surface area contributed by atoms with Crippen molar-refractivity contribution in [1.82, 2.24) is 0 Å². The molecule has 2 bridgehead atoms. The maximum absolute atomic E-state index is 8.78. The first-order valence-electron chi connectivity index (χ1n) is 14.0. The molecule has 2 aromatic carbocycles. The molecule has 3 fully saturated rings. The number of ether oxygens (including phenoxy) is 2. The third-order valence-corrected chi connectivity index (χ3v) is 9.96. The molecule has 4 unspecified atom stereocenters. The molecule has 5 aliphatic rings. The van der Waals surface area contributed by atoms with Crippen LogP contribution in [-0.2, 0) is 5.41 Å². The molecule has 0 saturated heterocycles. The number of nitriles is 2. The second kappa shape index (κ2) is 10.2. The lowest BCUT2D eigenvalue weighted by molar-refractivity contribution is 0.181. The lowest BCUT2D eigenvalue weighted by atomic mass is 9.59. The zero-order valence-electron chi connectivity index (χ0n) is 21.9. The predicted molar refractivity (Wildman–Crippen MR) is 147 cm³/mol. The first kappa shape index (κ1) is 24.6. The van der Waals surface area contributed by atoms with E-state index in [9.17, 15) is 0 Å². The first-order chi connectivity index (χ1) is 18.6. The Labute approximate surface area is 225 Å². The molecular formula is C34H34N2O2. The van der Waals surface area contributed by atoms with E-state index in [0.29, 0.717) is 17.4 Å². The maximum Gasteiger partial charge on any atom is 0.292 e. The quantitative estimate of drug-likeness (QED) is 0.396. The van der Waals surface area contributed by atoms with Gasteiger partial charge in [0.1, 0.15) is 11.5 Å². The molecule has 3 saturated carbocycles. The molecule has 2 aromatic rings. The first-order valence-corrected chi connectivity index (χ1v) is 14.0. The van der Waals surface area contributed by atoms with Crippen molar-refractivity contribution >= 4 is 0 Å². The summed E-state index contributed by atoms with van der Waals surface area (Å²) < 4.78 is 9.99. The Kier molecular flexibility index (Phi) is 6.59. The molecule has 4 atom stereocenters. The normalized spacial score (nSPS) is 27.6. The van der Waals surface area contributed by atoms with E-state index in [2.05, 4.69) is 43.0 Å². The Morgan fingerprint density at radius 1 is 0.816 bits per heavy atom. The largest absolute Gasteiger partial charge is 0.388 e. The van der Waals surface area contributed by atoms with Crippen LogP contribution in [0.5, 0.6) is 11.5 Å². The summed E-state index contributed by atoms with van der Waals surface area (Å²) in [5, 5.41) is 17.6. The number of benzene rings is 2. The fraction of sp³-hybridized carbons (Fsp3) is 0.412. The van der Waals surface area contributed by atoms with Crippen LogP contribution in [0.15, 0.2) is 84.0 Å². The Morgan fingerprint density at radius 3 is 2.05 bits per heavy atom. The molecule has 0 aromatic heterocycles. The second-order valence-electron chi connectivity index (χ2n) is 11.5. The van der Waals surface area contributed by atoms with E-state index in [4.69, 9.17) is 20.0 Å². The highest BCUT2D eigenvalue weighted by Crippen LogP contribution is 2.68. The molecule has 4 heteroatoms. The Bertz CT molecular complexity index is 1290. The van der Waals surface area contributed by atoms with Gasteiger partial charge in [0, 0.05) is 5.41 Å². The Morgan fingerprint density at radius 2 is 1.45 bits per heavy atom. The van der Waals surface area contributed by atoms with Crippen molar-refractivity contribution in [3.8, 4) is 24.0 Å². The smallest absolute Gasteiger partial charge is 0.292 e. The summed E-state index contributed by atoms with van der Waals surface area (Å²) in [5.41, 5.74) is 7.08. The van der Waals surface area contributed by atoms with Crippen LogP contribution in [0.25, 0.3) is 0 Å². The lowest BCUT2D eigenvalue weighted by Crippen LogP contribution is -2.40. The van der Waals surface area contributed by atoms with Gasteiger partial charge in [-0.25, -0.2) is 0 Å². The molecule has 0 amide bonds. The molecule has 0 N–H and O–H groups in total. The zero-order valence-corrected chi connectivity index (χ0v) is 21.9. The Balaban J connectivity index is 0.000000221.